The standard InChI is InChI=1S/C29H28FN3O6S/c1-37-29(11-13-38-14-12-29)21-15-22(30)17-23(16-21)39-18-25(34)28-32-26(19-5-3-2-4-6-19)27(33-28)20-7-9-24(10-8-20)40(31,35)36/h2-10,15-17H,11-14,18H2,1H3,(H,32,33)(H2,31,35,36). The van der Waals surface area contributed by atoms with E-state index in [2.05, 4.69) is 9.97 Å². The minimum absolute atomic E-state index is 0.0350. The fraction of sp³-hybridized carbons (Fsp3) is 0.241. The van der Waals surface area contributed by atoms with Crippen LogP contribution in [0.2, 0.25) is 0 Å². The molecule has 0 aliphatic carbocycles. The molecule has 2 heterocycles. The first-order valence-corrected chi connectivity index (χ1v) is 14.1. The molecular formula is C29H28FN3O6S. The van der Waals surface area contributed by atoms with E-state index in [1.807, 2.05) is 30.3 Å². The molecule has 4 aromatic rings. The van der Waals surface area contributed by atoms with Crippen LogP contribution in [0.1, 0.15) is 29.0 Å². The lowest BCUT2D eigenvalue weighted by molar-refractivity contribution is -0.0950. The first kappa shape index (κ1) is 27.7. The Labute approximate surface area is 231 Å². The van der Waals surface area contributed by atoms with Crippen LogP contribution < -0.4 is 9.88 Å². The third-order valence-corrected chi connectivity index (χ3v) is 7.87. The van der Waals surface area contributed by atoms with Gasteiger partial charge >= 0.3 is 0 Å². The highest BCUT2D eigenvalue weighted by atomic mass is 32.2. The summed E-state index contributed by atoms with van der Waals surface area (Å²) in [6.07, 6.45) is 1.14. The predicted octanol–water partition coefficient (Wildman–Crippen LogP) is 4.44. The number of carbonyl (C=O) groups excluding carboxylic acids is 1. The zero-order valence-electron chi connectivity index (χ0n) is 21.7. The van der Waals surface area contributed by atoms with Gasteiger partial charge in [-0.2, -0.15) is 0 Å². The highest BCUT2D eigenvalue weighted by molar-refractivity contribution is 7.89. The third kappa shape index (κ3) is 5.82. The number of primary sulfonamides is 1. The lowest BCUT2D eigenvalue weighted by Crippen LogP contribution is -2.35. The van der Waals surface area contributed by atoms with Gasteiger partial charge in [-0.25, -0.2) is 22.9 Å². The first-order chi connectivity index (χ1) is 19.2. The van der Waals surface area contributed by atoms with Crippen LogP contribution in [-0.2, 0) is 25.1 Å². The molecule has 5 rings (SSSR count). The third-order valence-electron chi connectivity index (χ3n) is 6.95. The van der Waals surface area contributed by atoms with Crippen molar-refractivity contribution in [2.45, 2.75) is 23.3 Å². The summed E-state index contributed by atoms with van der Waals surface area (Å²) in [5.74, 6) is -0.723. The number of sulfonamides is 1. The second kappa shape index (κ2) is 11.3. The van der Waals surface area contributed by atoms with Crippen molar-refractivity contribution in [1.29, 1.82) is 0 Å². The van der Waals surface area contributed by atoms with Gasteiger partial charge in [0.25, 0.3) is 0 Å². The number of halogens is 1. The van der Waals surface area contributed by atoms with Crippen molar-refractivity contribution in [3.63, 3.8) is 0 Å². The van der Waals surface area contributed by atoms with Gasteiger partial charge in [0.1, 0.15) is 11.6 Å². The van der Waals surface area contributed by atoms with Gasteiger partial charge in [0.05, 0.1) is 21.9 Å². The van der Waals surface area contributed by atoms with Crippen LogP contribution in [0.5, 0.6) is 5.75 Å². The van der Waals surface area contributed by atoms with Gasteiger partial charge in [-0.1, -0.05) is 42.5 Å². The number of nitrogens with zero attached hydrogens (tertiary/aromatic N) is 1. The molecule has 11 heteroatoms. The number of Topliss-reactive ketones (excluding diaryl/α,β-unsaturated/α-hetero) is 1. The molecule has 1 fully saturated rings. The molecule has 3 aromatic carbocycles. The van der Waals surface area contributed by atoms with E-state index >= 15 is 0 Å². The maximum absolute atomic E-state index is 14.6. The fourth-order valence-electron chi connectivity index (χ4n) is 4.77. The Bertz CT molecular complexity index is 1620. The van der Waals surface area contributed by atoms with Crippen molar-refractivity contribution in [3.8, 4) is 28.3 Å². The molecule has 0 amide bonds. The molecule has 208 valence electrons. The number of aromatic nitrogens is 2. The summed E-state index contributed by atoms with van der Waals surface area (Å²) in [7, 11) is -2.28. The molecule has 1 aliphatic heterocycles. The van der Waals surface area contributed by atoms with Gasteiger partial charge in [0.15, 0.2) is 12.4 Å². The van der Waals surface area contributed by atoms with Crippen LogP contribution in [0.25, 0.3) is 22.5 Å². The number of imidazole rings is 1. The van der Waals surface area contributed by atoms with Gasteiger partial charge in [-0.15, -0.1) is 0 Å². The fourth-order valence-corrected chi connectivity index (χ4v) is 5.28. The number of hydrogen-bond donors (Lipinski definition) is 2. The molecule has 0 spiro atoms. The number of nitrogens with two attached hydrogens (primary N) is 1. The van der Waals surface area contributed by atoms with Crippen molar-refractivity contribution in [2.75, 3.05) is 26.9 Å². The van der Waals surface area contributed by atoms with Gasteiger partial charge in [0, 0.05) is 50.4 Å². The Morgan fingerprint density at radius 2 is 1.75 bits per heavy atom. The summed E-state index contributed by atoms with van der Waals surface area (Å²) < 4.78 is 54.8. The highest BCUT2D eigenvalue weighted by Crippen LogP contribution is 2.37. The number of aromatic amines is 1. The largest absolute Gasteiger partial charge is 0.485 e. The van der Waals surface area contributed by atoms with Crippen molar-refractivity contribution >= 4 is 15.8 Å². The zero-order valence-corrected chi connectivity index (χ0v) is 22.5. The number of carbonyl (C=O) groups is 1. The molecule has 9 nitrogen and oxygen atoms in total. The number of benzene rings is 3. The van der Waals surface area contributed by atoms with Gasteiger partial charge < -0.3 is 19.2 Å². The van der Waals surface area contributed by atoms with Crippen molar-refractivity contribution in [1.82, 2.24) is 9.97 Å². The van der Waals surface area contributed by atoms with Crippen molar-refractivity contribution in [3.05, 3.63) is 90.0 Å². The number of hydrogen-bond acceptors (Lipinski definition) is 7. The average molecular weight is 566 g/mol. The van der Waals surface area contributed by atoms with E-state index in [1.54, 1.807) is 25.3 Å². The molecule has 0 saturated carbocycles. The number of ketones is 1. The molecule has 0 bridgehead atoms. The molecule has 0 radical (unpaired) electrons. The van der Waals surface area contributed by atoms with E-state index in [0.717, 1.165) is 5.56 Å². The second-order valence-corrected chi connectivity index (χ2v) is 11.0. The van der Waals surface area contributed by atoms with E-state index in [0.29, 0.717) is 48.6 Å². The number of methoxy groups -OCH3 is 1. The molecule has 40 heavy (non-hydrogen) atoms. The summed E-state index contributed by atoms with van der Waals surface area (Å²) in [6, 6.07) is 19.5. The van der Waals surface area contributed by atoms with Crippen LogP contribution in [0.15, 0.2) is 77.7 Å². The summed E-state index contributed by atoms with van der Waals surface area (Å²) in [5.41, 5.74) is 2.30. The van der Waals surface area contributed by atoms with Crippen LogP contribution in [0, 0.1) is 5.82 Å². The monoisotopic (exact) mass is 565 g/mol. The highest BCUT2D eigenvalue weighted by Gasteiger charge is 2.35. The Hall–Kier alpha value is -3.90. The molecular weight excluding hydrogens is 537 g/mol. The first-order valence-electron chi connectivity index (χ1n) is 12.6. The summed E-state index contributed by atoms with van der Waals surface area (Å²) in [5, 5.41) is 5.23. The Morgan fingerprint density at radius 3 is 2.40 bits per heavy atom. The van der Waals surface area contributed by atoms with Crippen LogP contribution in [0.4, 0.5) is 4.39 Å². The van der Waals surface area contributed by atoms with E-state index in [-0.39, 0.29) is 16.5 Å². The minimum atomic E-state index is -3.86. The SMILES string of the molecule is COC1(c2cc(F)cc(OCC(=O)c3nc(-c4ccccc4)c(-c4ccc(S(N)(=O)=O)cc4)[nH]3)c2)CCOCC1. The number of nitrogens with one attached hydrogen (secondary N) is 1. The zero-order chi connectivity index (χ0) is 28.3. The topological polar surface area (TPSA) is 134 Å². The van der Waals surface area contributed by atoms with Gasteiger partial charge in [0.2, 0.25) is 15.8 Å². The van der Waals surface area contributed by atoms with E-state index in [9.17, 15) is 17.6 Å². The van der Waals surface area contributed by atoms with Crippen molar-refractivity contribution < 1.29 is 31.8 Å². The normalized spacial score (nSPS) is 15.1. The minimum Gasteiger partial charge on any atom is -0.485 e. The van der Waals surface area contributed by atoms with E-state index in [4.69, 9.17) is 19.3 Å². The Morgan fingerprint density at radius 1 is 1.05 bits per heavy atom. The lowest BCUT2D eigenvalue weighted by atomic mass is 9.86. The van der Waals surface area contributed by atoms with Gasteiger partial charge in [-0.05, 0) is 29.8 Å². The number of rotatable bonds is 9. The maximum atomic E-state index is 14.6. The molecule has 1 saturated heterocycles. The molecule has 3 N–H and O–H groups in total. The van der Waals surface area contributed by atoms with Gasteiger partial charge in [-0.3, -0.25) is 4.79 Å². The summed E-state index contributed by atoms with van der Waals surface area (Å²) >= 11 is 0. The van der Waals surface area contributed by atoms with Crippen molar-refractivity contribution in [2.24, 2.45) is 5.14 Å². The second-order valence-electron chi connectivity index (χ2n) is 9.44. The summed E-state index contributed by atoms with van der Waals surface area (Å²) in [4.78, 5) is 20.7. The molecule has 0 unspecified atom stereocenters. The average Bonchev–Trinajstić information content (AvgIpc) is 3.42. The number of ether oxygens (including phenoxy) is 3. The van der Waals surface area contributed by atoms with Crippen LogP contribution in [0.3, 0.4) is 0 Å². The quantitative estimate of drug-likeness (QED) is 0.287. The molecule has 0 atom stereocenters. The summed E-state index contributed by atoms with van der Waals surface area (Å²) in [6.45, 7) is 0.597. The van der Waals surface area contributed by atoms with E-state index in [1.165, 1.54) is 24.3 Å². The number of H-pyrrole nitrogens is 1. The lowest BCUT2D eigenvalue weighted by Gasteiger charge is -2.36. The Balaban J connectivity index is 1.41. The smallest absolute Gasteiger partial charge is 0.238 e. The van der Waals surface area contributed by atoms with E-state index < -0.39 is 33.8 Å². The molecule has 1 aromatic heterocycles. The van der Waals surface area contributed by atoms with Crippen LogP contribution >= 0.6 is 0 Å². The van der Waals surface area contributed by atoms with Crippen LogP contribution in [-0.4, -0.2) is 51.1 Å². The maximum Gasteiger partial charge on any atom is 0.238 e. The Kier molecular flexibility index (Phi) is 7.81. The molecule has 1 aliphatic rings. The predicted molar refractivity (Wildman–Crippen MR) is 146 cm³/mol.